The van der Waals surface area contributed by atoms with E-state index in [2.05, 4.69) is 17.1 Å². The average molecular weight is 339 g/mol. The maximum absolute atomic E-state index is 10.4. The van der Waals surface area contributed by atoms with Crippen LogP contribution in [0.2, 0.25) is 0 Å². The van der Waals surface area contributed by atoms with Gasteiger partial charge in [0.15, 0.2) is 5.60 Å². The van der Waals surface area contributed by atoms with E-state index < -0.39 is 5.60 Å². The van der Waals surface area contributed by atoms with E-state index in [4.69, 9.17) is 9.15 Å². The van der Waals surface area contributed by atoms with Crippen LogP contribution in [0.25, 0.3) is 0 Å². The molecule has 0 radical (unpaired) electrons. The van der Waals surface area contributed by atoms with Crippen molar-refractivity contribution in [1.29, 1.82) is 0 Å². The number of hydrogen-bond acceptors (Lipinski definition) is 5. The van der Waals surface area contributed by atoms with Crippen molar-refractivity contribution in [3.8, 4) is 5.75 Å². The summed E-state index contributed by atoms with van der Waals surface area (Å²) in [5.41, 5.74) is 2.28. The van der Waals surface area contributed by atoms with Crippen LogP contribution in [-0.4, -0.2) is 16.3 Å². The summed E-state index contributed by atoms with van der Waals surface area (Å²) in [6.07, 6.45) is 5.46. The first-order valence-electron chi connectivity index (χ1n) is 7.67. The molecule has 5 heteroatoms. The number of nitrogens with zero attached hydrogens (tertiary/aromatic N) is 1. The molecule has 0 saturated heterocycles. The molecule has 24 heavy (non-hydrogen) atoms. The molecule has 0 saturated carbocycles. The third kappa shape index (κ3) is 2.08. The minimum Gasteiger partial charge on any atom is -0.506 e. The van der Waals surface area contributed by atoms with Crippen LogP contribution in [0.1, 0.15) is 28.1 Å². The molecule has 1 unspecified atom stereocenters. The molecular formula is C19H17NO3S. The van der Waals surface area contributed by atoms with Gasteiger partial charge in [-0.05, 0) is 43.0 Å². The second kappa shape index (κ2) is 5.69. The highest BCUT2D eigenvalue weighted by atomic mass is 32.2. The van der Waals surface area contributed by atoms with Gasteiger partial charge in [-0.2, -0.15) is 0 Å². The molecule has 0 amide bonds. The Hall–Kier alpha value is -2.24. The number of aromatic nitrogens is 1. The van der Waals surface area contributed by atoms with Crippen LogP contribution in [0.3, 0.4) is 0 Å². The zero-order valence-corrected chi connectivity index (χ0v) is 14.3. The van der Waals surface area contributed by atoms with Crippen molar-refractivity contribution in [2.45, 2.75) is 24.0 Å². The molecule has 4 nitrogen and oxygen atoms in total. The van der Waals surface area contributed by atoms with Gasteiger partial charge >= 0.3 is 0 Å². The van der Waals surface area contributed by atoms with E-state index in [1.165, 1.54) is 4.90 Å². The van der Waals surface area contributed by atoms with Crippen molar-refractivity contribution in [2.75, 3.05) is 6.26 Å². The van der Waals surface area contributed by atoms with Gasteiger partial charge in [0, 0.05) is 22.2 Å². The zero-order chi connectivity index (χ0) is 16.7. The number of rotatable bonds is 3. The van der Waals surface area contributed by atoms with E-state index in [-0.39, 0.29) is 5.75 Å². The molecule has 2 aromatic heterocycles. The number of benzene rings is 1. The molecule has 122 valence electrons. The van der Waals surface area contributed by atoms with Crippen LogP contribution < -0.4 is 0 Å². The maximum Gasteiger partial charge on any atom is 0.178 e. The van der Waals surface area contributed by atoms with Gasteiger partial charge in [-0.3, -0.25) is 4.98 Å². The third-order valence-electron chi connectivity index (χ3n) is 4.52. The first kappa shape index (κ1) is 15.3. The van der Waals surface area contributed by atoms with Gasteiger partial charge in [-0.15, -0.1) is 11.8 Å². The zero-order valence-electron chi connectivity index (χ0n) is 13.4. The molecular weight excluding hydrogens is 322 g/mol. The number of furan rings is 1. The molecule has 3 aromatic rings. The van der Waals surface area contributed by atoms with E-state index in [1.54, 1.807) is 31.1 Å². The minimum atomic E-state index is -0.881. The van der Waals surface area contributed by atoms with Crippen LogP contribution in [0.5, 0.6) is 5.75 Å². The quantitative estimate of drug-likeness (QED) is 0.724. The van der Waals surface area contributed by atoms with E-state index in [0.717, 1.165) is 16.7 Å². The van der Waals surface area contributed by atoms with Crippen LogP contribution in [0, 0.1) is 6.92 Å². The van der Waals surface area contributed by atoms with Gasteiger partial charge in [0.05, 0.1) is 18.6 Å². The Bertz CT molecular complexity index is 874. The summed E-state index contributed by atoms with van der Waals surface area (Å²) in [5.74, 6) is 0.880. The van der Waals surface area contributed by atoms with Crippen molar-refractivity contribution in [3.05, 3.63) is 77.0 Å². The summed E-state index contributed by atoms with van der Waals surface area (Å²) < 4.78 is 12.0. The molecule has 0 spiro atoms. The fourth-order valence-electron chi connectivity index (χ4n) is 3.24. The molecule has 1 aromatic carbocycles. The van der Waals surface area contributed by atoms with E-state index >= 15 is 0 Å². The van der Waals surface area contributed by atoms with Gasteiger partial charge in [0.1, 0.15) is 11.5 Å². The molecule has 1 aliphatic heterocycles. The first-order chi connectivity index (χ1) is 11.7. The second-order valence-corrected chi connectivity index (χ2v) is 6.64. The van der Waals surface area contributed by atoms with Crippen molar-refractivity contribution >= 4 is 11.8 Å². The Kier molecular flexibility index (Phi) is 3.62. The number of pyridine rings is 1. The smallest absolute Gasteiger partial charge is 0.178 e. The van der Waals surface area contributed by atoms with Crippen LogP contribution in [0.15, 0.2) is 58.2 Å². The average Bonchev–Trinajstić information content (AvgIpc) is 3.27. The molecule has 3 heterocycles. The fraction of sp³-hybridized carbons (Fsp3) is 0.211. The summed E-state index contributed by atoms with van der Waals surface area (Å²) in [6, 6.07) is 12.0. The number of aryl methyl sites for hydroxylation is 1. The predicted octanol–water partition coefficient (Wildman–Crippen LogP) is 4.23. The Morgan fingerprint density at radius 1 is 1.21 bits per heavy atom. The number of thioether (sulfide) groups is 1. The third-order valence-corrected chi connectivity index (χ3v) is 5.26. The Labute approximate surface area is 144 Å². The molecule has 0 bridgehead atoms. The lowest BCUT2D eigenvalue weighted by molar-refractivity contribution is 0.0107. The van der Waals surface area contributed by atoms with Crippen molar-refractivity contribution in [1.82, 2.24) is 4.98 Å². The lowest BCUT2D eigenvalue weighted by Crippen LogP contribution is -2.28. The lowest BCUT2D eigenvalue weighted by Gasteiger charge is -2.28. The summed E-state index contributed by atoms with van der Waals surface area (Å²) in [7, 11) is 0. The van der Waals surface area contributed by atoms with Crippen LogP contribution >= 0.6 is 11.8 Å². The Morgan fingerprint density at radius 3 is 2.67 bits per heavy atom. The molecule has 1 N–H and O–H groups in total. The molecule has 0 fully saturated rings. The number of hydrogen-bond donors (Lipinski definition) is 1. The lowest BCUT2D eigenvalue weighted by atomic mass is 9.84. The maximum atomic E-state index is 10.4. The highest BCUT2D eigenvalue weighted by molar-refractivity contribution is 7.98. The number of fused-ring (bicyclic) bond motifs is 1. The summed E-state index contributed by atoms with van der Waals surface area (Å²) in [6.45, 7) is 2.10. The van der Waals surface area contributed by atoms with Crippen LogP contribution in [0.4, 0.5) is 0 Å². The molecule has 0 aliphatic carbocycles. The second-order valence-electron chi connectivity index (χ2n) is 5.76. The largest absolute Gasteiger partial charge is 0.506 e. The van der Waals surface area contributed by atoms with Gasteiger partial charge in [0.25, 0.3) is 0 Å². The molecule has 1 atom stereocenters. The SMILES string of the molecule is CSc1ccc(C2(c3ccco3)OCc3c2cnc(C)c3O)cc1. The fourth-order valence-corrected chi connectivity index (χ4v) is 3.65. The van der Waals surface area contributed by atoms with Gasteiger partial charge in [-0.25, -0.2) is 0 Å². The monoisotopic (exact) mass is 339 g/mol. The summed E-state index contributed by atoms with van der Waals surface area (Å²) >= 11 is 1.69. The summed E-state index contributed by atoms with van der Waals surface area (Å²) in [4.78, 5) is 5.52. The van der Waals surface area contributed by atoms with Crippen LogP contribution in [-0.2, 0) is 16.9 Å². The molecule has 4 rings (SSSR count). The molecule has 1 aliphatic rings. The van der Waals surface area contributed by atoms with Crippen molar-refractivity contribution in [3.63, 3.8) is 0 Å². The minimum absolute atomic E-state index is 0.196. The van der Waals surface area contributed by atoms with Gasteiger partial charge in [0.2, 0.25) is 0 Å². The highest BCUT2D eigenvalue weighted by Crippen LogP contribution is 2.49. The van der Waals surface area contributed by atoms with E-state index in [0.29, 0.717) is 18.1 Å². The van der Waals surface area contributed by atoms with Crippen molar-refractivity contribution in [2.24, 2.45) is 0 Å². The van der Waals surface area contributed by atoms with Gasteiger partial charge in [-0.1, -0.05) is 12.1 Å². The Morgan fingerprint density at radius 2 is 2.00 bits per heavy atom. The number of ether oxygens (including phenoxy) is 1. The van der Waals surface area contributed by atoms with Crippen molar-refractivity contribution < 1.29 is 14.3 Å². The highest BCUT2D eigenvalue weighted by Gasteiger charge is 2.47. The Balaban J connectivity index is 1.97. The van der Waals surface area contributed by atoms with E-state index in [1.807, 2.05) is 30.5 Å². The standard InChI is InChI=1S/C19H17NO3S/c1-12-18(21)15-11-23-19(16(15)10-20-12,17-4-3-9-22-17)13-5-7-14(24-2)8-6-13/h3-10,21H,11H2,1-2H3. The predicted molar refractivity (Wildman–Crippen MR) is 92.2 cm³/mol. The normalized spacial score (nSPS) is 19.4. The van der Waals surface area contributed by atoms with Gasteiger partial charge < -0.3 is 14.3 Å². The van der Waals surface area contributed by atoms with E-state index in [9.17, 15) is 5.11 Å². The summed E-state index contributed by atoms with van der Waals surface area (Å²) in [5, 5.41) is 10.4. The first-order valence-corrected chi connectivity index (χ1v) is 8.89. The topological polar surface area (TPSA) is 55.5 Å². The number of aromatic hydroxyl groups is 1.